The van der Waals surface area contributed by atoms with E-state index in [0.29, 0.717) is 0 Å². The monoisotopic (exact) mass is 258 g/mol. The van der Waals surface area contributed by atoms with Crippen LogP contribution in [0.1, 0.15) is 22.4 Å². The van der Waals surface area contributed by atoms with E-state index in [1.807, 2.05) is 0 Å². The number of methoxy groups -OCH3 is 1. The molecule has 0 aliphatic carbocycles. The lowest BCUT2D eigenvalue weighted by molar-refractivity contribution is 0.199. The van der Waals surface area contributed by atoms with E-state index >= 15 is 0 Å². The molecule has 0 aliphatic heterocycles. The van der Waals surface area contributed by atoms with E-state index in [4.69, 9.17) is 4.74 Å². The first-order valence-corrected chi connectivity index (χ1v) is 6.69. The lowest BCUT2D eigenvalue weighted by Crippen LogP contribution is -2.19. The normalized spacial score (nSPS) is 11.2. The van der Waals surface area contributed by atoms with E-state index in [1.165, 1.54) is 22.1 Å². The summed E-state index contributed by atoms with van der Waals surface area (Å²) in [5.41, 5.74) is 6.08. The molecule has 0 bridgehead atoms. The quantitative estimate of drug-likeness (QED) is 0.837. The second-order valence-corrected chi connectivity index (χ2v) is 5.00. The molecule has 0 fully saturated rings. The van der Waals surface area contributed by atoms with E-state index in [-0.39, 0.29) is 0 Å². The summed E-state index contributed by atoms with van der Waals surface area (Å²) in [5, 5.41) is 4.65. The number of nitrogens with zero attached hydrogens (tertiary/aromatic N) is 1. The summed E-state index contributed by atoms with van der Waals surface area (Å²) in [7, 11) is 1.72. The molecule has 1 aromatic carbocycles. The van der Waals surface area contributed by atoms with Gasteiger partial charge in [-0.25, -0.2) is 0 Å². The lowest BCUT2D eigenvalue weighted by atomic mass is 10.0. The molecule has 0 atom stereocenters. The first-order chi connectivity index (χ1) is 9.13. The van der Waals surface area contributed by atoms with Crippen molar-refractivity contribution in [3.8, 4) is 0 Å². The zero-order valence-corrected chi connectivity index (χ0v) is 12.2. The summed E-state index contributed by atoms with van der Waals surface area (Å²) < 4.78 is 5.05. The highest BCUT2D eigenvalue weighted by Crippen LogP contribution is 2.23. The van der Waals surface area contributed by atoms with Crippen molar-refractivity contribution in [1.82, 2.24) is 10.3 Å². The maximum absolute atomic E-state index is 5.05. The molecule has 2 aromatic rings. The van der Waals surface area contributed by atoms with Gasteiger partial charge in [0.05, 0.1) is 12.1 Å². The molecule has 1 N–H and O–H groups in total. The predicted octanol–water partition coefficient (Wildman–Crippen LogP) is 2.90. The van der Waals surface area contributed by atoms with Crippen LogP contribution in [0.5, 0.6) is 0 Å². The second kappa shape index (κ2) is 6.13. The van der Waals surface area contributed by atoms with Gasteiger partial charge in [-0.3, -0.25) is 4.98 Å². The molecular weight excluding hydrogens is 236 g/mol. The molecule has 3 nitrogen and oxygen atoms in total. The van der Waals surface area contributed by atoms with Crippen LogP contribution in [0.15, 0.2) is 18.2 Å². The SMILES string of the molecule is COCCNCc1cc(C)nc2c(C)c(C)ccc12. The fourth-order valence-electron chi connectivity index (χ4n) is 2.29. The zero-order chi connectivity index (χ0) is 13.8. The van der Waals surface area contributed by atoms with Gasteiger partial charge in [0.2, 0.25) is 0 Å². The van der Waals surface area contributed by atoms with Crippen LogP contribution in [0.25, 0.3) is 10.9 Å². The van der Waals surface area contributed by atoms with E-state index in [0.717, 1.165) is 30.9 Å². The van der Waals surface area contributed by atoms with E-state index in [9.17, 15) is 0 Å². The van der Waals surface area contributed by atoms with Gasteiger partial charge >= 0.3 is 0 Å². The van der Waals surface area contributed by atoms with Gasteiger partial charge in [0.15, 0.2) is 0 Å². The Kier molecular flexibility index (Phi) is 4.51. The zero-order valence-electron chi connectivity index (χ0n) is 12.2. The number of hydrogen-bond acceptors (Lipinski definition) is 3. The molecule has 2 rings (SSSR count). The Labute approximate surface area is 115 Å². The first kappa shape index (κ1) is 14.0. The molecule has 0 radical (unpaired) electrons. The molecular formula is C16H22N2O. The Balaban J connectivity index is 2.35. The highest BCUT2D eigenvalue weighted by molar-refractivity contribution is 5.86. The summed E-state index contributed by atoms with van der Waals surface area (Å²) in [6, 6.07) is 6.52. The van der Waals surface area contributed by atoms with E-state index < -0.39 is 0 Å². The largest absolute Gasteiger partial charge is 0.383 e. The molecule has 0 saturated carbocycles. The van der Waals surface area contributed by atoms with Crippen LogP contribution < -0.4 is 5.32 Å². The van der Waals surface area contributed by atoms with Gasteiger partial charge in [-0.2, -0.15) is 0 Å². The Morgan fingerprint density at radius 1 is 1.21 bits per heavy atom. The molecule has 0 aliphatic rings. The number of rotatable bonds is 5. The average Bonchev–Trinajstić information content (AvgIpc) is 2.39. The van der Waals surface area contributed by atoms with Gasteiger partial charge in [-0.1, -0.05) is 12.1 Å². The van der Waals surface area contributed by atoms with Crippen LogP contribution >= 0.6 is 0 Å². The minimum atomic E-state index is 0.736. The van der Waals surface area contributed by atoms with Crippen LogP contribution in [0.2, 0.25) is 0 Å². The summed E-state index contributed by atoms with van der Waals surface area (Å²) >= 11 is 0. The van der Waals surface area contributed by atoms with Crippen LogP contribution in [-0.4, -0.2) is 25.2 Å². The van der Waals surface area contributed by atoms with Gasteiger partial charge < -0.3 is 10.1 Å². The predicted molar refractivity (Wildman–Crippen MR) is 79.5 cm³/mol. The third kappa shape index (κ3) is 3.11. The Morgan fingerprint density at radius 2 is 2.00 bits per heavy atom. The molecule has 0 unspecified atom stereocenters. The van der Waals surface area contributed by atoms with Crippen molar-refractivity contribution in [2.75, 3.05) is 20.3 Å². The number of benzene rings is 1. The van der Waals surface area contributed by atoms with Crippen molar-refractivity contribution in [2.45, 2.75) is 27.3 Å². The Morgan fingerprint density at radius 3 is 2.74 bits per heavy atom. The van der Waals surface area contributed by atoms with Crippen molar-refractivity contribution < 1.29 is 4.74 Å². The van der Waals surface area contributed by atoms with Crippen LogP contribution in [-0.2, 0) is 11.3 Å². The summed E-state index contributed by atoms with van der Waals surface area (Å²) in [6.45, 7) is 8.79. The Hall–Kier alpha value is -1.45. The van der Waals surface area contributed by atoms with Crippen molar-refractivity contribution >= 4 is 10.9 Å². The van der Waals surface area contributed by atoms with E-state index in [1.54, 1.807) is 7.11 Å². The maximum Gasteiger partial charge on any atom is 0.0740 e. The minimum absolute atomic E-state index is 0.736. The summed E-state index contributed by atoms with van der Waals surface area (Å²) in [5.74, 6) is 0. The highest BCUT2D eigenvalue weighted by atomic mass is 16.5. The number of aryl methyl sites for hydroxylation is 3. The first-order valence-electron chi connectivity index (χ1n) is 6.69. The van der Waals surface area contributed by atoms with Crippen LogP contribution in [0, 0.1) is 20.8 Å². The fourth-order valence-corrected chi connectivity index (χ4v) is 2.29. The van der Waals surface area contributed by atoms with Gasteiger partial charge in [0.1, 0.15) is 0 Å². The second-order valence-electron chi connectivity index (χ2n) is 5.00. The summed E-state index contributed by atoms with van der Waals surface area (Å²) in [6.07, 6.45) is 0. The van der Waals surface area contributed by atoms with Crippen LogP contribution in [0.4, 0.5) is 0 Å². The molecule has 1 heterocycles. The number of hydrogen-bond donors (Lipinski definition) is 1. The van der Waals surface area contributed by atoms with Gasteiger partial charge in [0, 0.05) is 31.3 Å². The molecule has 102 valence electrons. The highest BCUT2D eigenvalue weighted by Gasteiger charge is 2.07. The van der Waals surface area contributed by atoms with Crippen molar-refractivity contribution in [1.29, 1.82) is 0 Å². The standard InChI is InChI=1S/C16H22N2O/c1-11-5-6-15-14(10-17-7-8-19-4)9-12(2)18-16(15)13(11)3/h5-6,9,17H,7-8,10H2,1-4H3. The number of ether oxygens (including phenoxy) is 1. The molecule has 0 spiro atoms. The van der Waals surface area contributed by atoms with E-state index in [2.05, 4.69) is 49.3 Å². The minimum Gasteiger partial charge on any atom is -0.383 e. The van der Waals surface area contributed by atoms with Crippen molar-refractivity contribution in [3.63, 3.8) is 0 Å². The smallest absolute Gasteiger partial charge is 0.0740 e. The molecule has 0 saturated heterocycles. The van der Waals surface area contributed by atoms with Crippen molar-refractivity contribution in [2.24, 2.45) is 0 Å². The van der Waals surface area contributed by atoms with Gasteiger partial charge in [-0.05, 0) is 43.5 Å². The third-order valence-electron chi connectivity index (χ3n) is 3.52. The van der Waals surface area contributed by atoms with Gasteiger partial charge in [-0.15, -0.1) is 0 Å². The third-order valence-corrected chi connectivity index (χ3v) is 3.52. The van der Waals surface area contributed by atoms with Crippen LogP contribution in [0.3, 0.4) is 0 Å². The lowest BCUT2D eigenvalue weighted by Gasteiger charge is -2.12. The molecule has 1 aromatic heterocycles. The Bertz CT molecular complexity index is 578. The maximum atomic E-state index is 5.05. The van der Waals surface area contributed by atoms with Crippen molar-refractivity contribution in [3.05, 3.63) is 40.6 Å². The molecule has 19 heavy (non-hydrogen) atoms. The van der Waals surface area contributed by atoms with Gasteiger partial charge in [0.25, 0.3) is 0 Å². The number of nitrogens with one attached hydrogen (secondary N) is 1. The molecule has 0 amide bonds. The number of aromatic nitrogens is 1. The average molecular weight is 258 g/mol. The number of pyridine rings is 1. The topological polar surface area (TPSA) is 34.1 Å². The number of fused-ring (bicyclic) bond motifs is 1. The fraction of sp³-hybridized carbons (Fsp3) is 0.438. The molecule has 3 heteroatoms. The summed E-state index contributed by atoms with van der Waals surface area (Å²) in [4.78, 5) is 4.69.